The van der Waals surface area contributed by atoms with Crippen molar-refractivity contribution < 1.29 is 9.53 Å². The van der Waals surface area contributed by atoms with E-state index >= 15 is 0 Å². The highest BCUT2D eigenvalue weighted by Gasteiger charge is 2.32. The first-order chi connectivity index (χ1) is 10.5. The lowest BCUT2D eigenvalue weighted by atomic mass is 10.1. The highest BCUT2D eigenvalue weighted by atomic mass is 35.5. The molecule has 2 saturated heterocycles. The van der Waals surface area contributed by atoms with Crippen molar-refractivity contribution >= 4 is 40.7 Å². The first-order valence-corrected chi connectivity index (χ1v) is 8.47. The normalized spacial score (nSPS) is 21.8. The summed E-state index contributed by atoms with van der Waals surface area (Å²) in [6.07, 6.45) is 2.39. The summed E-state index contributed by atoms with van der Waals surface area (Å²) in [6.45, 7) is 3.61. The second kappa shape index (κ2) is 6.83. The van der Waals surface area contributed by atoms with E-state index in [0.717, 1.165) is 26.2 Å². The molecule has 2 fully saturated rings. The summed E-state index contributed by atoms with van der Waals surface area (Å²) in [5.41, 5.74) is 0. The first-order valence-electron chi connectivity index (χ1n) is 7.34. The number of carbonyl (C=O) groups is 1. The van der Waals surface area contributed by atoms with E-state index in [1.54, 1.807) is 0 Å². The molecule has 0 bridgehead atoms. The minimum absolute atomic E-state index is 0.0197. The standard InChI is InChI=1S/C15H17Cl3N2O2/c16-11-6-13(18)14(7-12(11)17)22-9-15(21)20-5-4-19-3-1-2-10(19)8-20/h6-7,10H,1-5,8-9H2/t10-/m0/s1. The number of hydrogen-bond acceptors (Lipinski definition) is 3. The summed E-state index contributed by atoms with van der Waals surface area (Å²) >= 11 is 17.9. The van der Waals surface area contributed by atoms with Crippen LogP contribution in [0.2, 0.25) is 15.1 Å². The van der Waals surface area contributed by atoms with Gasteiger partial charge in [-0.2, -0.15) is 0 Å². The number of carbonyl (C=O) groups excluding carboxylic acids is 1. The van der Waals surface area contributed by atoms with Crippen LogP contribution in [-0.2, 0) is 4.79 Å². The maximum absolute atomic E-state index is 12.3. The van der Waals surface area contributed by atoms with E-state index in [1.807, 2.05) is 4.90 Å². The molecule has 1 atom stereocenters. The Balaban J connectivity index is 1.57. The van der Waals surface area contributed by atoms with Gasteiger partial charge in [0.1, 0.15) is 5.75 Å². The zero-order valence-corrected chi connectivity index (χ0v) is 14.3. The summed E-state index contributed by atoms with van der Waals surface area (Å²) in [5.74, 6) is 0.359. The van der Waals surface area contributed by atoms with E-state index in [1.165, 1.54) is 25.0 Å². The largest absolute Gasteiger partial charge is 0.482 e. The fraction of sp³-hybridized carbons (Fsp3) is 0.533. The second-order valence-electron chi connectivity index (χ2n) is 5.66. The van der Waals surface area contributed by atoms with Crippen molar-refractivity contribution in [2.45, 2.75) is 18.9 Å². The van der Waals surface area contributed by atoms with Crippen molar-refractivity contribution in [1.29, 1.82) is 0 Å². The second-order valence-corrected chi connectivity index (χ2v) is 6.88. The molecule has 7 heteroatoms. The van der Waals surface area contributed by atoms with E-state index in [-0.39, 0.29) is 12.5 Å². The van der Waals surface area contributed by atoms with Crippen LogP contribution in [0.4, 0.5) is 0 Å². The molecule has 120 valence electrons. The van der Waals surface area contributed by atoms with Crippen molar-refractivity contribution in [2.75, 3.05) is 32.8 Å². The molecule has 0 aromatic heterocycles. The van der Waals surface area contributed by atoms with Gasteiger partial charge in [0.25, 0.3) is 5.91 Å². The van der Waals surface area contributed by atoms with Crippen LogP contribution in [0, 0.1) is 0 Å². The van der Waals surface area contributed by atoms with Crippen molar-refractivity contribution in [3.63, 3.8) is 0 Å². The van der Waals surface area contributed by atoms with E-state index < -0.39 is 0 Å². The summed E-state index contributed by atoms with van der Waals surface area (Å²) in [4.78, 5) is 16.6. The molecule has 1 amide bonds. The number of rotatable bonds is 3. The first kappa shape index (κ1) is 16.2. The lowest BCUT2D eigenvalue weighted by molar-refractivity contribution is -0.135. The molecule has 1 aromatic rings. The summed E-state index contributed by atoms with van der Waals surface area (Å²) in [7, 11) is 0. The molecule has 0 spiro atoms. The number of benzene rings is 1. The predicted octanol–water partition coefficient (Wildman–Crippen LogP) is 3.33. The fourth-order valence-electron chi connectivity index (χ4n) is 3.06. The molecular weight excluding hydrogens is 347 g/mol. The highest BCUT2D eigenvalue weighted by molar-refractivity contribution is 6.43. The third-order valence-electron chi connectivity index (χ3n) is 4.27. The van der Waals surface area contributed by atoms with Gasteiger partial charge in [0.15, 0.2) is 6.61 Å². The Morgan fingerprint density at radius 3 is 2.73 bits per heavy atom. The van der Waals surface area contributed by atoms with Gasteiger partial charge in [-0.25, -0.2) is 0 Å². The molecule has 0 N–H and O–H groups in total. The molecule has 2 aliphatic rings. The number of fused-ring (bicyclic) bond motifs is 1. The zero-order valence-electron chi connectivity index (χ0n) is 12.0. The molecule has 0 unspecified atom stereocenters. The monoisotopic (exact) mass is 362 g/mol. The van der Waals surface area contributed by atoms with Crippen molar-refractivity contribution in [3.05, 3.63) is 27.2 Å². The number of hydrogen-bond donors (Lipinski definition) is 0. The molecule has 2 aliphatic heterocycles. The smallest absolute Gasteiger partial charge is 0.260 e. The van der Waals surface area contributed by atoms with Gasteiger partial charge in [0.2, 0.25) is 0 Å². The number of amides is 1. The Morgan fingerprint density at radius 2 is 1.91 bits per heavy atom. The van der Waals surface area contributed by atoms with E-state index in [4.69, 9.17) is 39.5 Å². The minimum atomic E-state index is -0.0373. The third-order valence-corrected chi connectivity index (χ3v) is 5.28. The number of ether oxygens (including phenoxy) is 1. The van der Waals surface area contributed by atoms with E-state index in [9.17, 15) is 4.79 Å². The van der Waals surface area contributed by atoms with Crippen LogP contribution in [0.25, 0.3) is 0 Å². The Morgan fingerprint density at radius 1 is 1.14 bits per heavy atom. The number of piperazine rings is 1. The third kappa shape index (κ3) is 3.46. The molecule has 0 saturated carbocycles. The Kier molecular flexibility index (Phi) is 5.03. The van der Waals surface area contributed by atoms with Gasteiger partial charge in [-0.05, 0) is 25.5 Å². The van der Waals surface area contributed by atoms with Crippen LogP contribution in [0.3, 0.4) is 0 Å². The zero-order chi connectivity index (χ0) is 15.7. The molecule has 4 nitrogen and oxygen atoms in total. The average Bonchev–Trinajstić information content (AvgIpc) is 2.96. The summed E-state index contributed by atoms with van der Waals surface area (Å²) in [6, 6.07) is 3.56. The Labute approximate surface area is 144 Å². The van der Waals surface area contributed by atoms with Gasteiger partial charge < -0.3 is 9.64 Å². The summed E-state index contributed by atoms with van der Waals surface area (Å²) in [5, 5.41) is 1.07. The maximum Gasteiger partial charge on any atom is 0.260 e. The molecule has 3 rings (SSSR count). The van der Waals surface area contributed by atoms with Crippen LogP contribution in [0.5, 0.6) is 5.75 Å². The molecule has 1 aromatic carbocycles. The number of halogens is 3. The molecule has 0 radical (unpaired) electrons. The quantitative estimate of drug-likeness (QED) is 0.772. The predicted molar refractivity (Wildman–Crippen MR) is 88.1 cm³/mol. The average molecular weight is 364 g/mol. The lowest BCUT2D eigenvalue weighted by Crippen LogP contribution is -2.53. The van der Waals surface area contributed by atoms with Crippen LogP contribution >= 0.6 is 34.8 Å². The molecule has 0 aliphatic carbocycles. The van der Waals surface area contributed by atoms with Gasteiger partial charge in [-0.15, -0.1) is 0 Å². The van der Waals surface area contributed by atoms with E-state index in [2.05, 4.69) is 4.90 Å². The van der Waals surface area contributed by atoms with Gasteiger partial charge in [-0.1, -0.05) is 34.8 Å². The van der Waals surface area contributed by atoms with Crippen LogP contribution in [-0.4, -0.2) is 54.5 Å². The van der Waals surface area contributed by atoms with Crippen LogP contribution in [0.1, 0.15) is 12.8 Å². The maximum atomic E-state index is 12.3. The lowest BCUT2D eigenvalue weighted by Gasteiger charge is -2.37. The van der Waals surface area contributed by atoms with Gasteiger partial charge in [-0.3, -0.25) is 9.69 Å². The van der Waals surface area contributed by atoms with Crippen LogP contribution < -0.4 is 4.74 Å². The van der Waals surface area contributed by atoms with Crippen LogP contribution in [0.15, 0.2) is 12.1 Å². The molecule has 2 heterocycles. The number of nitrogens with zero attached hydrogens (tertiary/aromatic N) is 2. The van der Waals surface area contributed by atoms with Gasteiger partial charge in [0, 0.05) is 31.7 Å². The van der Waals surface area contributed by atoms with E-state index in [0.29, 0.717) is 26.9 Å². The minimum Gasteiger partial charge on any atom is -0.482 e. The highest BCUT2D eigenvalue weighted by Crippen LogP contribution is 2.33. The van der Waals surface area contributed by atoms with Gasteiger partial charge in [0.05, 0.1) is 15.1 Å². The SMILES string of the molecule is O=C(COc1cc(Cl)c(Cl)cc1Cl)N1CCN2CCC[C@H]2C1. The molecule has 22 heavy (non-hydrogen) atoms. The fourth-order valence-corrected chi connectivity index (χ4v) is 3.65. The summed E-state index contributed by atoms with van der Waals surface area (Å²) < 4.78 is 5.52. The van der Waals surface area contributed by atoms with Crippen molar-refractivity contribution in [3.8, 4) is 5.75 Å². The molecular formula is C15H17Cl3N2O2. The van der Waals surface area contributed by atoms with Crippen molar-refractivity contribution in [2.24, 2.45) is 0 Å². The Bertz CT molecular complexity index is 582. The van der Waals surface area contributed by atoms with Gasteiger partial charge >= 0.3 is 0 Å². The van der Waals surface area contributed by atoms with Crippen molar-refractivity contribution in [1.82, 2.24) is 9.80 Å². The topological polar surface area (TPSA) is 32.8 Å². The Hall–Kier alpha value is -0.680.